The summed E-state index contributed by atoms with van der Waals surface area (Å²) in [5, 5.41) is 8.11. The number of aromatic nitrogens is 2. The molecule has 3 rings (SSSR count). The van der Waals surface area contributed by atoms with Gasteiger partial charge in [-0.2, -0.15) is 5.10 Å². The minimum absolute atomic E-state index is 0.0698. The molecule has 0 radical (unpaired) electrons. The number of nitrogens with zero attached hydrogens (tertiary/aromatic N) is 2. The number of hydrogen-bond donors (Lipinski definition) is 1. The normalized spacial score (nSPS) is 22.3. The molecule has 2 heterocycles. The van der Waals surface area contributed by atoms with E-state index in [-0.39, 0.29) is 12.1 Å². The Kier molecular flexibility index (Phi) is 4.04. The van der Waals surface area contributed by atoms with Crippen molar-refractivity contribution in [3.8, 4) is 0 Å². The van der Waals surface area contributed by atoms with Crippen LogP contribution in [0.2, 0.25) is 0 Å². The van der Waals surface area contributed by atoms with E-state index in [1.54, 1.807) is 0 Å². The number of likely N-dealkylation sites (tertiary alicyclic amines) is 1. The fourth-order valence-corrected chi connectivity index (χ4v) is 3.19. The Labute approximate surface area is 137 Å². The number of piperidine rings is 1. The maximum absolute atomic E-state index is 12.6. The first kappa shape index (κ1) is 15.8. The number of rotatable bonds is 1. The molecule has 2 aromatic rings. The molecule has 0 bridgehead atoms. The van der Waals surface area contributed by atoms with Crippen LogP contribution >= 0.6 is 0 Å². The number of ether oxygens (including phenoxy) is 1. The topological polar surface area (TPSA) is 58.2 Å². The van der Waals surface area contributed by atoms with Gasteiger partial charge in [0.15, 0.2) is 0 Å². The number of nitrogens with one attached hydrogen (secondary N) is 1. The highest BCUT2D eigenvalue weighted by Gasteiger charge is 2.33. The van der Waals surface area contributed by atoms with Crippen molar-refractivity contribution < 1.29 is 9.53 Å². The summed E-state index contributed by atoms with van der Waals surface area (Å²) in [6.45, 7) is 8.65. The van der Waals surface area contributed by atoms with E-state index in [0.29, 0.717) is 5.92 Å². The van der Waals surface area contributed by atoms with Crippen LogP contribution in [0.5, 0.6) is 0 Å². The molecule has 1 aliphatic heterocycles. The molecule has 0 spiro atoms. The van der Waals surface area contributed by atoms with Crippen molar-refractivity contribution in [1.29, 1.82) is 0 Å². The lowest BCUT2D eigenvalue weighted by molar-refractivity contribution is 0.00365. The van der Waals surface area contributed by atoms with E-state index in [2.05, 4.69) is 29.3 Å². The molecule has 1 aliphatic rings. The molecule has 1 saturated heterocycles. The quantitative estimate of drug-likeness (QED) is 0.855. The van der Waals surface area contributed by atoms with E-state index in [1.807, 2.05) is 37.9 Å². The van der Waals surface area contributed by atoms with Crippen LogP contribution in [0.4, 0.5) is 4.79 Å². The van der Waals surface area contributed by atoms with Crippen LogP contribution in [-0.2, 0) is 4.74 Å². The highest BCUT2D eigenvalue weighted by molar-refractivity contribution is 5.79. The van der Waals surface area contributed by atoms with Gasteiger partial charge in [0.25, 0.3) is 0 Å². The zero-order chi connectivity index (χ0) is 16.6. The number of hydrogen-bond acceptors (Lipinski definition) is 3. The van der Waals surface area contributed by atoms with Crippen LogP contribution in [0.25, 0.3) is 10.9 Å². The molecule has 1 aromatic heterocycles. The molecular formula is C18H25N3O2. The Hall–Kier alpha value is -2.04. The number of carbonyl (C=O) groups excluding carboxylic acids is 1. The summed E-state index contributed by atoms with van der Waals surface area (Å²) >= 11 is 0. The minimum atomic E-state index is -0.475. The predicted octanol–water partition coefficient (Wildman–Crippen LogP) is 4.27. The number of benzene rings is 1. The second kappa shape index (κ2) is 5.87. The number of aromatic amines is 1. The second-order valence-corrected chi connectivity index (χ2v) is 7.55. The lowest BCUT2D eigenvalue weighted by Gasteiger charge is -2.39. The average molecular weight is 315 g/mol. The third-order valence-electron chi connectivity index (χ3n) is 4.29. The fraction of sp³-hybridized carbons (Fsp3) is 0.556. The van der Waals surface area contributed by atoms with Crippen molar-refractivity contribution in [2.75, 3.05) is 6.54 Å². The van der Waals surface area contributed by atoms with E-state index in [9.17, 15) is 4.79 Å². The van der Waals surface area contributed by atoms with Gasteiger partial charge in [0, 0.05) is 11.9 Å². The molecule has 0 saturated carbocycles. The molecular weight excluding hydrogens is 290 g/mol. The largest absolute Gasteiger partial charge is 0.444 e. The molecule has 1 fully saturated rings. The maximum atomic E-state index is 12.6. The molecule has 0 aliphatic carbocycles. The van der Waals surface area contributed by atoms with E-state index >= 15 is 0 Å². The van der Waals surface area contributed by atoms with Crippen molar-refractivity contribution in [2.24, 2.45) is 5.92 Å². The van der Waals surface area contributed by atoms with Crippen molar-refractivity contribution in [1.82, 2.24) is 15.1 Å². The van der Waals surface area contributed by atoms with Gasteiger partial charge in [-0.05, 0) is 57.2 Å². The van der Waals surface area contributed by atoms with E-state index in [4.69, 9.17) is 4.74 Å². The van der Waals surface area contributed by atoms with Crippen molar-refractivity contribution in [3.63, 3.8) is 0 Å². The molecule has 2 atom stereocenters. The highest BCUT2D eigenvalue weighted by atomic mass is 16.6. The van der Waals surface area contributed by atoms with Crippen LogP contribution in [0, 0.1) is 5.92 Å². The molecule has 124 valence electrons. The lowest BCUT2D eigenvalue weighted by atomic mass is 9.90. The van der Waals surface area contributed by atoms with Crippen LogP contribution < -0.4 is 0 Å². The van der Waals surface area contributed by atoms with Crippen molar-refractivity contribution in [2.45, 2.75) is 52.2 Å². The summed E-state index contributed by atoms with van der Waals surface area (Å²) in [6.07, 6.45) is 3.68. The standard InChI is InChI=1S/C18H25N3O2/c1-12-5-8-16(21(11-12)17(22)23-18(2,3)4)13-6-7-15-14(9-13)10-19-20-15/h6-7,9-10,12,16H,5,8,11H2,1-4H3,(H,19,20)/t12?,16-/m0/s1. The van der Waals surface area contributed by atoms with E-state index in [0.717, 1.165) is 35.9 Å². The maximum Gasteiger partial charge on any atom is 0.410 e. The Morgan fingerprint density at radius 3 is 2.87 bits per heavy atom. The average Bonchev–Trinajstić information content (AvgIpc) is 2.92. The van der Waals surface area contributed by atoms with Gasteiger partial charge in [-0.1, -0.05) is 13.0 Å². The third kappa shape index (κ3) is 3.49. The number of amides is 1. The summed E-state index contributed by atoms with van der Waals surface area (Å²) in [4.78, 5) is 14.5. The number of carbonyl (C=O) groups is 1. The predicted molar refractivity (Wildman–Crippen MR) is 90.2 cm³/mol. The highest BCUT2D eigenvalue weighted by Crippen LogP contribution is 2.35. The second-order valence-electron chi connectivity index (χ2n) is 7.55. The Morgan fingerprint density at radius 2 is 2.13 bits per heavy atom. The van der Waals surface area contributed by atoms with Gasteiger partial charge in [-0.15, -0.1) is 0 Å². The van der Waals surface area contributed by atoms with Gasteiger partial charge in [0.05, 0.1) is 17.8 Å². The molecule has 23 heavy (non-hydrogen) atoms. The van der Waals surface area contributed by atoms with Gasteiger partial charge in [-0.25, -0.2) is 4.79 Å². The molecule has 1 unspecified atom stereocenters. The summed E-state index contributed by atoms with van der Waals surface area (Å²) in [5.41, 5.74) is 1.69. The summed E-state index contributed by atoms with van der Waals surface area (Å²) < 4.78 is 5.62. The van der Waals surface area contributed by atoms with Crippen LogP contribution in [0.1, 0.15) is 52.1 Å². The van der Waals surface area contributed by atoms with Gasteiger partial charge >= 0.3 is 6.09 Å². The molecule has 1 aromatic carbocycles. The van der Waals surface area contributed by atoms with Crippen molar-refractivity contribution >= 4 is 17.0 Å². The summed E-state index contributed by atoms with van der Waals surface area (Å²) in [5.74, 6) is 0.497. The van der Waals surface area contributed by atoms with Crippen LogP contribution in [-0.4, -0.2) is 33.3 Å². The number of H-pyrrole nitrogens is 1. The third-order valence-corrected chi connectivity index (χ3v) is 4.29. The molecule has 5 heteroatoms. The zero-order valence-corrected chi connectivity index (χ0v) is 14.3. The SMILES string of the molecule is CC1CC[C@@H](c2ccc3[nH]ncc3c2)N(C(=O)OC(C)(C)C)C1. The van der Waals surface area contributed by atoms with Gasteiger partial charge in [0.2, 0.25) is 0 Å². The Morgan fingerprint density at radius 1 is 1.35 bits per heavy atom. The van der Waals surface area contributed by atoms with Gasteiger partial charge < -0.3 is 9.64 Å². The van der Waals surface area contributed by atoms with Crippen LogP contribution in [0.15, 0.2) is 24.4 Å². The molecule has 1 amide bonds. The Bertz CT molecular complexity index is 702. The first-order chi connectivity index (χ1) is 10.8. The first-order valence-corrected chi connectivity index (χ1v) is 8.26. The molecule has 5 nitrogen and oxygen atoms in total. The van der Waals surface area contributed by atoms with Crippen molar-refractivity contribution in [3.05, 3.63) is 30.0 Å². The summed E-state index contributed by atoms with van der Waals surface area (Å²) in [6, 6.07) is 6.30. The molecule has 1 N–H and O–H groups in total. The minimum Gasteiger partial charge on any atom is -0.444 e. The van der Waals surface area contributed by atoms with Crippen LogP contribution in [0.3, 0.4) is 0 Å². The Balaban J connectivity index is 1.89. The monoisotopic (exact) mass is 315 g/mol. The van der Waals surface area contributed by atoms with Gasteiger partial charge in [0.1, 0.15) is 5.60 Å². The fourth-order valence-electron chi connectivity index (χ4n) is 3.19. The lowest BCUT2D eigenvalue weighted by Crippen LogP contribution is -2.44. The van der Waals surface area contributed by atoms with E-state index in [1.165, 1.54) is 0 Å². The van der Waals surface area contributed by atoms with Gasteiger partial charge in [-0.3, -0.25) is 5.10 Å². The first-order valence-electron chi connectivity index (χ1n) is 8.26. The smallest absolute Gasteiger partial charge is 0.410 e. The zero-order valence-electron chi connectivity index (χ0n) is 14.3. The van der Waals surface area contributed by atoms with E-state index < -0.39 is 5.60 Å². The summed E-state index contributed by atoms with van der Waals surface area (Å²) in [7, 11) is 0. The number of fused-ring (bicyclic) bond motifs is 1.